The molecular formula is C16H22BrNO3. The van der Waals surface area contributed by atoms with Crippen LogP contribution in [-0.4, -0.2) is 31.3 Å². The van der Waals surface area contributed by atoms with E-state index in [9.17, 15) is 4.79 Å². The Hall–Kier alpha value is -1.07. The first kappa shape index (κ1) is 16.3. The number of benzene rings is 1. The second kappa shape index (κ2) is 6.79. The summed E-state index contributed by atoms with van der Waals surface area (Å²) < 4.78 is 11.8. The summed E-state index contributed by atoms with van der Waals surface area (Å²) >= 11 is 3.45. The van der Waals surface area contributed by atoms with Gasteiger partial charge in [-0.25, -0.2) is 4.79 Å². The molecule has 1 aromatic carbocycles. The molecule has 1 saturated heterocycles. The van der Waals surface area contributed by atoms with Crippen molar-refractivity contribution in [2.24, 2.45) is 5.92 Å². The van der Waals surface area contributed by atoms with Crippen LogP contribution in [0.5, 0.6) is 0 Å². The fraction of sp³-hybridized carbons (Fsp3) is 0.562. The van der Waals surface area contributed by atoms with E-state index >= 15 is 0 Å². The zero-order chi connectivity index (χ0) is 15.5. The Kier molecular flexibility index (Phi) is 5.27. The van der Waals surface area contributed by atoms with Crippen molar-refractivity contribution in [2.75, 3.05) is 19.0 Å². The van der Waals surface area contributed by atoms with Gasteiger partial charge in [-0.2, -0.15) is 0 Å². The maximum absolute atomic E-state index is 12.4. The van der Waals surface area contributed by atoms with Crippen molar-refractivity contribution in [1.29, 1.82) is 0 Å². The molecule has 1 fully saturated rings. The molecule has 1 heterocycles. The molecule has 0 bridgehead atoms. The van der Waals surface area contributed by atoms with E-state index in [-0.39, 0.29) is 12.1 Å². The van der Waals surface area contributed by atoms with Crippen LogP contribution >= 0.6 is 15.9 Å². The molecule has 0 radical (unpaired) electrons. The molecule has 2 rings (SSSR count). The quantitative estimate of drug-likeness (QED) is 0.838. The third-order valence-electron chi connectivity index (χ3n) is 3.94. The van der Waals surface area contributed by atoms with Crippen LogP contribution in [0.2, 0.25) is 0 Å². The maximum atomic E-state index is 12.4. The summed E-state index contributed by atoms with van der Waals surface area (Å²) in [6, 6.07) is 7.81. The fourth-order valence-electron chi connectivity index (χ4n) is 2.70. The summed E-state index contributed by atoms with van der Waals surface area (Å²) in [5.74, 6) is 0.134. The summed E-state index contributed by atoms with van der Waals surface area (Å²) in [4.78, 5) is 12.4. The van der Waals surface area contributed by atoms with Crippen molar-refractivity contribution in [3.8, 4) is 0 Å². The summed E-state index contributed by atoms with van der Waals surface area (Å²) in [7, 11) is 1.44. The summed E-state index contributed by atoms with van der Waals surface area (Å²) in [6.45, 7) is 4.77. The number of halogens is 1. The molecule has 1 aromatic rings. The zero-order valence-electron chi connectivity index (χ0n) is 12.7. The molecule has 2 atom stereocenters. The number of esters is 1. The topological polar surface area (TPSA) is 47.6 Å². The first-order valence-electron chi connectivity index (χ1n) is 7.20. The molecule has 5 heteroatoms. The van der Waals surface area contributed by atoms with Crippen molar-refractivity contribution >= 4 is 27.6 Å². The molecule has 1 aliphatic heterocycles. The minimum atomic E-state index is -0.720. The molecule has 0 amide bonds. The minimum Gasteiger partial charge on any atom is -0.467 e. The Morgan fingerprint density at radius 1 is 1.52 bits per heavy atom. The van der Waals surface area contributed by atoms with E-state index in [2.05, 4.69) is 35.1 Å². The van der Waals surface area contributed by atoms with Gasteiger partial charge in [0.15, 0.2) is 0 Å². The largest absolute Gasteiger partial charge is 0.467 e. The molecule has 0 spiro atoms. The standard InChI is InChI=1S/C16H22BrNO3/c1-11(2)14-10-16(7-8-21-14,15(19)20-3)18-13-6-4-5-12(17)9-13/h4-6,9,11,14,18H,7-8,10H2,1-3H3. The average molecular weight is 356 g/mol. The lowest BCUT2D eigenvalue weighted by Crippen LogP contribution is -2.54. The Balaban J connectivity index is 2.27. The van der Waals surface area contributed by atoms with Crippen molar-refractivity contribution in [3.63, 3.8) is 0 Å². The molecule has 0 saturated carbocycles. The lowest BCUT2D eigenvalue weighted by molar-refractivity contribution is -0.152. The van der Waals surface area contributed by atoms with Crippen LogP contribution in [0.1, 0.15) is 26.7 Å². The molecule has 21 heavy (non-hydrogen) atoms. The highest BCUT2D eigenvalue weighted by atomic mass is 79.9. The lowest BCUT2D eigenvalue weighted by atomic mass is 9.83. The third kappa shape index (κ3) is 3.77. The van der Waals surface area contributed by atoms with Gasteiger partial charge in [0.05, 0.1) is 13.2 Å². The van der Waals surface area contributed by atoms with Crippen LogP contribution in [0.3, 0.4) is 0 Å². The molecule has 2 unspecified atom stereocenters. The molecule has 4 nitrogen and oxygen atoms in total. The van der Waals surface area contributed by atoms with E-state index in [1.165, 1.54) is 7.11 Å². The van der Waals surface area contributed by atoms with Crippen LogP contribution < -0.4 is 5.32 Å². The molecule has 116 valence electrons. The smallest absolute Gasteiger partial charge is 0.331 e. The summed E-state index contributed by atoms with van der Waals surface area (Å²) in [5.41, 5.74) is 0.183. The lowest BCUT2D eigenvalue weighted by Gasteiger charge is -2.41. The first-order chi connectivity index (χ1) is 9.97. The van der Waals surface area contributed by atoms with Crippen LogP contribution in [0.4, 0.5) is 5.69 Å². The van der Waals surface area contributed by atoms with Crippen LogP contribution in [0.15, 0.2) is 28.7 Å². The molecule has 0 aromatic heterocycles. The van der Waals surface area contributed by atoms with Gasteiger partial charge >= 0.3 is 5.97 Å². The predicted octanol–water partition coefficient (Wildman–Crippen LogP) is 3.61. The number of hydrogen-bond acceptors (Lipinski definition) is 4. The maximum Gasteiger partial charge on any atom is 0.331 e. The van der Waals surface area contributed by atoms with Gasteiger partial charge in [0.25, 0.3) is 0 Å². The molecule has 1 aliphatic rings. The first-order valence-corrected chi connectivity index (χ1v) is 8.00. The highest BCUT2D eigenvalue weighted by molar-refractivity contribution is 9.10. The number of rotatable bonds is 4. The minimum absolute atomic E-state index is 0.0532. The monoisotopic (exact) mass is 355 g/mol. The number of hydrogen-bond donors (Lipinski definition) is 1. The number of carbonyl (C=O) groups excluding carboxylic acids is 1. The van der Waals surface area contributed by atoms with Gasteiger partial charge in [0.2, 0.25) is 0 Å². The van der Waals surface area contributed by atoms with E-state index in [1.54, 1.807) is 0 Å². The predicted molar refractivity (Wildman–Crippen MR) is 86.3 cm³/mol. The van der Waals surface area contributed by atoms with Gasteiger partial charge in [0, 0.05) is 29.6 Å². The van der Waals surface area contributed by atoms with Gasteiger partial charge < -0.3 is 14.8 Å². The van der Waals surface area contributed by atoms with Gasteiger partial charge in [-0.15, -0.1) is 0 Å². The van der Waals surface area contributed by atoms with E-state index in [1.807, 2.05) is 24.3 Å². The van der Waals surface area contributed by atoms with Crippen molar-refractivity contribution < 1.29 is 14.3 Å². The Morgan fingerprint density at radius 3 is 2.90 bits per heavy atom. The van der Waals surface area contributed by atoms with E-state index in [0.29, 0.717) is 25.4 Å². The van der Waals surface area contributed by atoms with Gasteiger partial charge in [-0.1, -0.05) is 35.8 Å². The third-order valence-corrected chi connectivity index (χ3v) is 4.43. The number of ether oxygens (including phenoxy) is 2. The second-order valence-corrected chi connectivity index (χ2v) is 6.73. The van der Waals surface area contributed by atoms with Crippen molar-refractivity contribution in [1.82, 2.24) is 0 Å². The highest BCUT2D eigenvalue weighted by Gasteiger charge is 2.45. The Morgan fingerprint density at radius 2 is 2.29 bits per heavy atom. The van der Waals surface area contributed by atoms with Crippen LogP contribution in [0.25, 0.3) is 0 Å². The van der Waals surface area contributed by atoms with Crippen molar-refractivity contribution in [2.45, 2.75) is 38.3 Å². The van der Waals surface area contributed by atoms with Crippen LogP contribution in [0, 0.1) is 5.92 Å². The Bertz CT molecular complexity index is 506. The second-order valence-electron chi connectivity index (χ2n) is 5.82. The van der Waals surface area contributed by atoms with Gasteiger partial charge in [-0.05, 0) is 24.1 Å². The highest BCUT2D eigenvalue weighted by Crippen LogP contribution is 2.33. The van der Waals surface area contributed by atoms with E-state index in [4.69, 9.17) is 9.47 Å². The number of anilines is 1. The number of nitrogens with one attached hydrogen (secondary N) is 1. The Labute approximate surface area is 134 Å². The SMILES string of the molecule is COC(=O)C1(Nc2cccc(Br)c2)CCOC(C(C)C)C1. The zero-order valence-corrected chi connectivity index (χ0v) is 14.3. The molecular weight excluding hydrogens is 334 g/mol. The van der Waals surface area contributed by atoms with Gasteiger partial charge in [-0.3, -0.25) is 0 Å². The number of methoxy groups -OCH3 is 1. The normalized spacial score (nSPS) is 25.7. The average Bonchev–Trinajstić information content (AvgIpc) is 2.46. The summed E-state index contributed by atoms with van der Waals surface area (Å²) in [6.07, 6.45) is 1.27. The fourth-order valence-corrected chi connectivity index (χ4v) is 3.10. The van der Waals surface area contributed by atoms with E-state index in [0.717, 1.165) is 10.2 Å². The molecule has 1 N–H and O–H groups in total. The number of carbonyl (C=O) groups is 1. The van der Waals surface area contributed by atoms with E-state index < -0.39 is 5.54 Å². The molecule has 0 aliphatic carbocycles. The van der Waals surface area contributed by atoms with Crippen molar-refractivity contribution in [3.05, 3.63) is 28.7 Å². The van der Waals surface area contributed by atoms with Gasteiger partial charge in [0.1, 0.15) is 5.54 Å². The van der Waals surface area contributed by atoms with Crippen LogP contribution in [-0.2, 0) is 14.3 Å². The summed E-state index contributed by atoms with van der Waals surface area (Å²) in [5, 5.41) is 3.39.